The Morgan fingerprint density at radius 2 is 2.17 bits per heavy atom. The zero-order chi connectivity index (χ0) is 8.18. The van der Waals surface area contributed by atoms with Crippen LogP contribution in [0.15, 0.2) is 36.4 Å². The number of hydrogen-bond donors (Lipinski definition) is 0. The van der Waals surface area contributed by atoms with Crippen LogP contribution in [0.1, 0.15) is 24.2 Å². The first-order chi connectivity index (χ1) is 5.80. The van der Waals surface area contributed by atoms with Crippen molar-refractivity contribution in [3.8, 4) is 0 Å². The molecule has 2 bridgehead atoms. The summed E-state index contributed by atoms with van der Waals surface area (Å²) in [6.07, 6.45) is 4.51. The molecule has 2 aliphatic rings. The lowest BCUT2D eigenvalue weighted by molar-refractivity contribution is 0.0113. The van der Waals surface area contributed by atoms with Gasteiger partial charge in [0.2, 0.25) is 0 Å². The maximum absolute atomic E-state index is 5.82. The van der Waals surface area contributed by atoms with Crippen molar-refractivity contribution in [2.45, 2.75) is 18.6 Å². The van der Waals surface area contributed by atoms with Crippen LogP contribution < -0.4 is 0 Å². The summed E-state index contributed by atoms with van der Waals surface area (Å²) < 4.78 is 5.82. The van der Waals surface area contributed by atoms with Crippen molar-refractivity contribution in [1.29, 1.82) is 0 Å². The van der Waals surface area contributed by atoms with Crippen LogP contribution in [0.25, 0.3) is 0 Å². The third-order valence-corrected chi connectivity index (χ3v) is 2.76. The first-order valence-corrected chi connectivity index (χ1v) is 4.26. The summed E-state index contributed by atoms with van der Waals surface area (Å²) in [6, 6.07) is 8.44. The molecule has 3 rings (SSSR count). The fraction of sp³-hybridized carbons (Fsp3) is 0.273. The van der Waals surface area contributed by atoms with Crippen LogP contribution in [0.2, 0.25) is 0 Å². The highest BCUT2D eigenvalue weighted by molar-refractivity contribution is 5.46. The summed E-state index contributed by atoms with van der Waals surface area (Å²) >= 11 is 0. The van der Waals surface area contributed by atoms with Gasteiger partial charge in [-0.1, -0.05) is 30.3 Å². The van der Waals surface area contributed by atoms with Crippen molar-refractivity contribution >= 4 is 0 Å². The molecule has 0 radical (unpaired) electrons. The van der Waals surface area contributed by atoms with Crippen LogP contribution in [0.5, 0.6) is 0 Å². The Bertz CT molecular complexity index is 367. The van der Waals surface area contributed by atoms with Gasteiger partial charge in [-0.25, -0.2) is 0 Å². The molecule has 1 nitrogen and oxygen atoms in total. The highest BCUT2D eigenvalue weighted by Gasteiger charge is 2.42. The van der Waals surface area contributed by atoms with Gasteiger partial charge >= 0.3 is 0 Å². The fourth-order valence-corrected chi connectivity index (χ4v) is 2.13. The van der Waals surface area contributed by atoms with Gasteiger partial charge < -0.3 is 4.74 Å². The summed E-state index contributed by atoms with van der Waals surface area (Å²) in [4.78, 5) is 0. The first-order valence-electron chi connectivity index (χ1n) is 4.26. The van der Waals surface area contributed by atoms with E-state index in [1.165, 1.54) is 11.1 Å². The molecule has 2 aliphatic heterocycles. The molecule has 1 aromatic rings. The van der Waals surface area contributed by atoms with E-state index in [4.69, 9.17) is 4.74 Å². The van der Waals surface area contributed by atoms with Gasteiger partial charge in [-0.2, -0.15) is 0 Å². The molecule has 60 valence electrons. The van der Waals surface area contributed by atoms with E-state index in [0.717, 1.165) is 0 Å². The molecule has 1 aromatic carbocycles. The van der Waals surface area contributed by atoms with E-state index < -0.39 is 0 Å². The lowest BCUT2D eigenvalue weighted by Crippen LogP contribution is -2.14. The van der Waals surface area contributed by atoms with Crippen LogP contribution in [-0.2, 0) is 10.3 Å². The Morgan fingerprint density at radius 3 is 3.00 bits per heavy atom. The number of hydrogen-bond acceptors (Lipinski definition) is 1. The second-order valence-corrected chi connectivity index (χ2v) is 3.59. The second-order valence-electron chi connectivity index (χ2n) is 3.59. The van der Waals surface area contributed by atoms with Gasteiger partial charge in [-0.05, 0) is 24.1 Å². The molecule has 0 saturated heterocycles. The van der Waals surface area contributed by atoms with Crippen LogP contribution in [0.4, 0.5) is 0 Å². The summed E-state index contributed by atoms with van der Waals surface area (Å²) in [5.74, 6) is 0. The molecular weight excluding hydrogens is 148 g/mol. The molecule has 0 N–H and O–H groups in total. The van der Waals surface area contributed by atoms with Gasteiger partial charge in [0.05, 0.1) is 0 Å². The molecule has 0 unspecified atom stereocenters. The minimum absolute atomic E-state index is 0.138. The molecule has 0 aromatic heterocycles. The summed E-state index contributed by atoms with van der Waals surface area (Å²) in [5, 5.41) is 0. The Balaban J connectivity index is 2.31. The van der Waals surface area contributed by atoms with Crippen LogP contribution in [0, 0.1) is 0 Å². The highest BCUT2D eigenvalue weighted by atomic mass is 16.5. The molecule has 0 spiro atoms. The Morgan fingerprint density at radius 1 is 1.33 bits per heavy atom. The largest absolute Gasteiger partial charge is 0.354 e. The summed E-state index contributed by atoms with van der Waals surface area (Å²) in [7, 11) is 0. The van der Waals surface area contributed by atoms with Gasteiger partial charge in [-0.15, -0.1) is 0 Å². The number of fused-ring (bicyclic) bond motifs is 5. The van der Waals surface area contributed by atoms with Crippen LogP contribution >= 0.6 is 0 Å². The number of ether oxygens (including phenoxy) is 1. The number of rotatable bonds is 0. The molecule has 0 aliphatic carbocycles. The normalized spacial score (nSPS) is 35.6. The monoisotopic (exact) mass is 158 g/mol. The maximum atomic E-state index is 5.82. The summed E-state index contributed by atoms with van der Waals surface area (Å²) in [6.45, 7) is 2.12. The molecule has 2 heterocycles. The van der Waals surface area contributed by atoms with E-state index >= 15 is 0 Å². The van der Waals surface area contributed by atoms with Crippen molar-refractivity contribution in [2.24, 2.45) is 0 Å². The van der Waals surface area contributed by atoms with Crippen molar-refractivity contribution in [2.75, 3.05) is 0 Å². The zero-order valence-corrected chi connectivity index (χ0v) is 6.95. The molecular formula is C11H10O. The minimum Gasteiger partial charge on any atom is -0.354 e. The van der Waals surface area contributed by atoms with Crippen LogP contribution in [0.3, 0.4) is 0 Å². The zero-order valence-electron chi connectivity index (χ0n) is 6.95. The van der Waals surface area contributed by atoms with E-state index in [0.29, 0.717) is 0 Å². The second kappa shape index (κ2) is 1.80. The lowest BCUT2D eigenvalue weighted by Gasteiger charge is -2.17. The smallest absolute Gasteiger partial charge is 0.110 e. The lowest BCUT2D eigenvalue weighted by atomic mass is 9.89. The molecule has 1 heteroatoms. The van der Waals surface area contributed by atoms with E-state index in [1.807, 2.05) is 0 Å². The van der Waals surface area contributed by atoms with Gasteiger partial charge in [0.25, 0.3) is 0 Å². The predicted octanol–water partition coefficient (Wildman–Crippen LogP) is 2.54. The molecule has 0 saturated carbocycles. The minimum atomic E-state index is -0.138. The van der Waals surface area contributed by atoms with E-state index in [2.05, 4.69) is 43.3 Å². The van der Waals surface area contributed by atoms with E-state index in [1.54, 1.807) is 0 Å². The third kappa shape index (κ3) is 0.585. The Hall–Kier alpha value is -1.08. The molecule has 12 heavy (non-hydrogen) atoms. The van der Waals surface area contributed by atoms with Crippen molar-refractivity contribution in [3.05, 3.63) is 47.5 Å². The standard InChI is InChI=1S/C11H10O/c1-11-7-6-10(12-11)8-4-2-3-5-9(8)11/h2-7,10H,1H3/t10-,11+/m0/s1. The average molecular weight is 158 g/mol. The Kier molecular flexibility index (Phi) is 0.968. The first kappa shape index (κ1) is 6.44. The highest BCUT2D eigenvalue weighted by Crippen LogP contribution is 2.49. The fourth-order valence-electron chi connectivity index (χ4n) is 2.13. The van der Waals surface area contributed by atoms with Crippen LogP contribution in [-0.4, -0.2) is 0 Å². The Labute approximate surface area is 71.7 Å². The SMILES string of the molecule is C[C@]12C=C[C@H](O1)c1ccccc12. The quantitative estimate of drug-likeness (QED) is 0.527. The van der Waals surface area contributed by atoms with Gasteiger partial charge in [0.1, 0.15) is 11.7 Å². The summed E-state index contributed by atoms with van der Waals surface area (Å²) in [5.41, 5.74) is 2.53. The maximum Gasteiger partial charge on any atom is 0.110 e. The van der Waals surface area contributed by atoms with E-state index in [9.17, 15) is 0 Å². The average Bonchev–Trinajstić information content (AvgIpc) is 2.60. The van der Waals surface area contributed by atoms with Gasteiger partial charge in [-0.3, -0.25) is 0 Å². The number of benzene rings is 1. The van der Waals surface area contributed by atoms with Crippen molar-refractivity contribution in [1.82, 2.24) is 0 Å². The predicted molar refractivity (Wildman–Crippen MR) is 46.8 cm³/mol. The van der Waals surface area contributed by atoms with Crippen molar-refractivity contribution in [3.63, 3.8) is 0 Å². The molecule has 0 fully saturated rings. The topological polar surface area (TPSA) is 9.23 Å². The molecule has 2 atom stereocenters. The molecule has 0 amide bonds. The van der Waals surface area contributed by atoms with E-state index in [-0.39, 0.29) is 11.7 Å². The van der Waals surface area contributed by atoms with Gasteiger partial charge in [0.15, 0.2) is 0 Å². The van der Waals surface area contributed by atoms with Gasteiger partial charge in [0, 0.05) is 0 Å². The third-order valence-electron chi connectivity index (χ3n) is 2.76. The van der Waals surface area contributed by atoms with Crippen molar-refractivity contribution < 1.29 is 4.74 Å².